The number of nitrogens with one attached hydrogen (secondary N) is 1. The predicted molar refractivity (Wildman–Crippen MR) is 50.6 cm³/mol. The van der Waals surface area contributed by atoms with Gasteiger partial charge < -0.3 is 15.2 Å². The van der Waals surface area contributed by atoms with Crippen LogP contribution >= 0.6 is 0 Å². The largest absolute Gasteiger partial charge is 0.394 e. The van der Waals surface area contributed by atoms with Crippen molar-refractivity contribution in [2.75, 3.05) is 13.2 Å². The van der Waals surface area contributed by atoms with Crippen LogP contribution in [0.1, 0.15) is 32.6 Å². The molecular formula is C10H19NO2. The molecule has 1 aliphatic heterocycles. The standard InChI is InChI=1S/C10H19NO2/c1-8-6-10(7-12,4-5-13-8)11-9-2-3-9/h8-9,11-12H,2-7H2,1H3. The first-order valence-electron chi connectivity index (χ1n) is 5.24. The highest BCUT2D eigenvalue weighted by atomic mass is 16.5. The second-order valence-corrected chi connectivity index (χ2v) is 4.49. The molecule has 2 atom stereocenters. The Bertz CT molecular complexity index is 178. The van der Waals surface area contributed by atoms with E-state index in [1.54, 1.807) is 0 Å². The third-order valence-electron chi connectivity index (χ3n) is 3.05. The first-order valence-corrected chi connectivity index (χ1v) is 5.24. The van der Waals surface area contributed by atoms with Gasteiger partial charge in [-0.05, 0) is 32.6 Å². The summed E-state index contributed by atoms with van der Waals surface area (Å²) in [6.07, 6.45) is 4.73. The van der Waals surface area contributed by atoms with E-state index >= 15 is 0 Å². The molecule has 0 amide bonds. The van der Waals surface area contributed by atoms with Gasteiger partial charge in [-0.1, -0.05) is 0 Å². The zero-order valence-corrected chi connectivity index (χ0v) is 8.25. The van der Waals surface area contributed by atoms with Gasteiger partial charge in [0, 0.05) is 18.2 Å². The van der Waals surface area contributed by atoms with Crippen molar-refractivity contribution in [2.45, 2.75) is 50.3 Å². The molecule has 2 fully saturated rings. The van der Waals surface area contributed by atoms with Gasteiger partial charge in [-0.15, -0.1) is 0 Å². The molecule has 0 aromatic carbocycles. The minimum atomic E-state index is -0.0428. The fraction of sp³-hybridized carbons (Fsp3) is 1.00. The number of hydrogen-bond acceptors (Lipinski definition) is 3. The van der Waals surface area contributed by atoms with E-state index < -0.39 is 0 Å². The van der Waals surface area contributed by atoms with Crippen LogP contribution < -0.4 is 5.32 Å². The van der Waals surface area contributed by atoms with Crippen molar-refractivity contribution in [3.05, 3.63) is 0 Å². The SMILES string of the molecule is CC1CC(CO)(NC2CC2)CCO1. The molecule has 2 N–H and O–H groups in total. The van der Waals surface area contributed by atoms with Gasteiger partial charge in [0.25, 0.3) is 0 Å². The molecule has 3 heteroatoms. The normalized spacial score (nSPS) is 40.6. The Kier molecular flexibility index (Phi) is 2.58. The summed E-state index contributed by atoms with van der Waals surface area (Å²) in [7, 11) is 0. The van der Waals surface area contributed by atoms with Crippen LogP contribution in [0.15, 0.2) is 0 Å². The van der Waals surface area contributed by atoms with E-state index in [-0.39, 0.29) is 18.2 Å². The molecule has 2 rings (SSSR count). The van der Waals surface area contributed by atoms with Crippen molar-refractivity contribution < 1.29 is 9.84 Å². The fourth-order valence-corrected chi connectivity index (χ4v) is 2.15. The number of aliphatic hydroxyl groups excluding tert-OH is 1. The highest BCUT2D eigenvalue weighted by Crippen LogP contribution is 2.30. The summed E-state index contributed by atoms with van der Waals surface area (Å²) in [5.74, 6) is 0. The van der Waals surface area contributed by atoms with Crippen molar-refractivity contribution >= 4 is 0 Å². The van der Waals surface area contributed by atoms with Crippen molar-refractivity contribution in [3.63, 3.8) is 0 Å². The molecule has 76 valence electrons. The number of ether oxygens (including phenoxy) is 1. The number of aliphatic hydroxyl groups is 1. The van der Waals surface area contributed by atoms with Crippen LogP contribution in [0.25, 0.3) is 0 Å². The summed E-state index contributed by atoms with van der Waals surface area (Å²) in [6, 6.07) is 0.664. The fourth-order valence-electron chi connectivity index (χ4n) is 2.15. The molecular weight excluding hydrogens is 166 g/mol. The van der Waals surface area contributed by atoms with Crippen LogP contribution in [0.2, 0.25) is 0 Å². The minimum absolute atomic E-state index is 0.0428. The molecule has 0 aromatic rings. The van der Waals surface area contributed by atoms with E-state index in [1.165, 1.54) is 12.8 Å². The maximum atomic E-state index is 9.42. The van der Waals surface area contributed by atoms with E-state index in [0.717, 1.165) is 19.4 Å². The van der Waals surface area contributed by atoms with Gasteiger partial charge in [0.05, 0.1) is 12.7 Å². The molecule has 0 aromatic heterocycles. The lowest BCUT2D eigenvalue weighted by Crippen LogP contribution is -2.54. The summed E-state index contributed by atoms with van der Waals surface area (Å²) in [4.78, 5) is 0. The van der Waals surface area contributed by atoms with Crippen molar-refractivity contribution in [1.29, 1.82) is 0 Å². The highest BCUT2D eigenvalue weighted by molar-refractivity contribution is 4.97. The molecule has 1 saturated carbocycles. The first kappa shape index (κ1) is 9.44. The molecule has 0 radical (unpaired) electrons. The predicted octanol–water partition coefficient (Wildman–Crippen LogP) is 0.668. The lowest BCUT2D eigenvalue weighted by atomic mass is 9.87. The number of hydrogen-bond donors (Lipinski definition) is 2. The Labute approximate surface area is 79.5 Å². The zero-order chi connectivity index (χ0) is 9.31. The maximum absolute atomic E-state index is 9.42. The molecule has 13 heavy (non-hydrogen) atoms. The van der Waals surface area contributed by atoms with Crippen molar-refractivity contribution in [3.8, 4) is 0 Å². The van der Waals surface area contributed by atoms with Crippen LogP contribution in [0.5, 0.6) is 0 Å². The molecule has 0 spiro atoms. The Morgan fingerprint density at radius 1 is 1.54 bits per heavy atom. The van der Waals surface area contributed by atoms with Crippen LogP contribution in [-0.4, -0.2) is 36.0 Å². The Morgan fingerprint density at radius 3 is 2.85 bits per heavy atom. The van der Waals surface area contributed by atoms with Gasteiger partial charge in [-0.25, -0.2) is 0 Å². The average Bonchev–Trinajstić information content (AvgIpc) is 2.88. The van der Waals surface area contributed by atoms with Gasteiger partial charge in [-0.2, -0.15) is 0 Å². The Morgan fingerprint density at radius 2 is 2.31 bits per heavy atom. The lowest BCUT2D eigenvalue weighted by molar-refractivity contribution is -0.0365. The third kappa shape index (κ3) is 2.22. The van der Waals surface area contributed by atoms with Gasteiger partial charge in [0.15, 0.2) is 0 Å². The second-order valence-electron chi connectivity index (χ2n) is 4.49. The number of rotatable bonds is 3. The third-order valence-corrected chi connectivity index (χ3v) is 3.05. The topological polar surface area (TPSA) is 41.5 Å². The lowest BCUT2D eigenvalue weighted by Gasteiger charge is -2.39. The van der Waals surface area contributed by atoms with Crippen molar-refractivity contribution in [1.82, 2.24) is 5.32 Å². The van der Waals surface area contributed by atoms with Crippen LogP contribution in [-0.2, 0) is 4.74 Å². The molecule has 1 saturated heterocycles. The zero-order valence-electron chi connectivity index (χ0n) is 8.25. The van der Waals surface area contributed by atoms with Crippen LogP contribution in [0.3, 0.4) is 0 Å². The van der Waals surface area contributed by atoms with Gasteiger partial charge in [0.2, 0.25) is 0 Å². The summed E-state index contributed by atoms with van der Waals surface area (Å²) >= 11 is 0. The average molecular weight is 185 g/mol. The Balaban J connectivity index is 1.94. The maximum Gasteiger partial charge on any atom is 0.0615 e. The van der Waals surface area contributed by atoms with E-state index in [0.29, 0.717) is 6.04 Å². The smallest absolute Gasteiger partial charge is 0.0615 e. The molecule has 2 aliphatic rings. The molecule has 1 heterocycles. The summed E-state index contributed by atoms with van der Waals surface area (Å²) in [5, 5.41) is 13.0. The van der Waals surface area contributed by atoms with Gasteiger partial charge in [-0.3, -0.25) is 0 Å². The summed E-state index contributed by atoms with van der Waals surface area (Å²) in [6.45, 7) is 3.11. The Hall–Kier alpha value is -0.120. The minimum Gasteiger partial charge on any atom is -0.394 e. The van der Waals surface area contributed by atoms with E-state index in [4.69, 9.17) is 4.74 Å². The molecule has 3 nitrogen and oxygen atoms in total. The van der Waals surface area contributed by atoms with E-state index in [2.05, 4.69) is 12.2 Å². The first-order chi connectivity index (χ1) is 6.24. The molecule has 2 unspecified atom stereocenters. The molecule has 0 bridgehead atoms. The van der Waals surface area contributed by atoms with E-state index in [1.807, 2.05) is 0 Å². The van der Waals surface area contributed by atoms with Gasteiger partial charge in [0.1, 0.15) is 0 Å². The molecule has 1 aliphatic carbocycles. The van der Waals surface area contributed by atoms with E-state index in [9.17, 15) is 5.11 Å². The summed E-state index contributed by atoms with van der Waals surface area (Å²) in [5.41, 5.74) is -0.0428. The van der Waals surface area contributed by atoms with Gasteiger partial charge >= 0.3 is 0 Å². The highest BCUT2D eigenvalue weighted by Gasteiger charge is 2.39. The summed E-state index contributed by atoms with van der Waals surface area (Å²) < 4.78 is 5.49. The second kappa shape index (κ2) is 3.56. The van der Waals surface area contributed by atoms with Crippen LogP contribution in [0.4, 0.5) is 0 Å². The monoisotopic (exact) mass is 185 g/mol. The van der Waals surface area contributed by atoms with Crippen LogP contribution in [0, 0.1) is 0 Å². The van der Waals surface area contributed by atoms with Crippen molar-refractivity contribution in [2.24, 2.45) is 0 Å². The quantitative estimate of drug-likeness (QED) is 0.679.